The molecule has 7 heteroatoms. The number of nitrogens with one attached hydrogen (secondary N) is 1. The second-order valence-electron chi connectivity index (χ2n) is 5.48. The topological polar surface area (TPSA) is 79.0 Å². The number of H-pyrrole nitrogens is 1. The van der Waals surface area contributed by atoms with Crippen LogP contribution in [-0.4, -0.2) is 21.1 Å². The Morgan fingerprint density at radius 3 is 2.77 bits per heavy atom. The third-order valence-electron chi connectivity index (χ3n) is 3.77. The molecule has 0 saturated carbocycles. The van der Waals surface area contributed by atoms with Gasteiger partial charge in [-0.2, -0.15) is 20.1 Å². The summed E-state index contributed by atoms with van der Waals surface area (Å²) in [6.45, 7) is 2.34. The zero-order chi connectivity index (χ0) is 18.4. The van der Waals surface area contributed by atoms with E-state index in [0.717, 1.165) is 29.1 Å². The summed E-state index contributed by atoms with van der Waals surface area (Å²) in [7, 11) is 0. The van der Waals surface area contributed by atoms with E-state index in [0.29, 0.717) is 16.9 Å². The van der Waals surface area contributed by atoms with E-state index in [2.05, 4.69) is 21.4 Å². The van der Waals surface area contributed by atoms with Crippen molar-refractivity contribution in [3.8, 4) is 11.8 Å². The van der Waals surface area contributed by atoms with Crippen LogP contribution < -0.4 is 4.74 Å². The van der Waals surface area contributed by atoms with Crippen LogP contribution in [0.3, 0.4) is 0 Å². The van der Waals surface area contributed by atoms with Gasteiger partial charge < -0.3 is 4.74 Å². The van der Waals surface area contributed by atoms with Crippen molar-refractivity contribution in [3.63, 3.8) is 0 Å². The minimum atomic E-state index is 0.348. The molecule has 6 nitrogen and oxygen atoms in total. The Kier molecular flexibility index (Phi) is 5.56. The number of ether oxygens (including phenoxy) is 1. The van der Waals surface area contributed by atoms with Crippen molar-refractivity contribution in [2.75, 3.05) is 0 Å². The zero-order valence-corrected chi connectivity index (χ0v) is 15.0. The predicted octanol–water partition coefficient (Wildman–Crippen LogP) is 3.84. The third-order valence-corrected chi connectivity index (χ3v) is 4.03. The minimum absolute atomic E-state index is 0.348. The highest BCUT2D eigenvalue weighted by atomic mass is 32.1. The van der Waals surface area contributed by atoms with Crippen LogP contribution in [0.4, 0.5) is 0 Å². The van der Waals surface area contributed by atoms with Crippen LogP contribution in [0, 0.1) is 16.1 Å². The number of aryl methyl sites for hydroxylation is 1. The van der Waals surface area contributed by atoms with Crippen molar-refractivity contribution < 1.29 is 4.74 Å². The van der Waals surface area contributed by atoms with Crippen LogP contribution >= 0.6 is 12.2 Å². The second-order valence-corrected chi connectivity index (χ2v) is 5.87. The first kappa shape index (κ1) is 17.6. The molecular weight excluding hydrogens is 346 g/mol. The molecule has 3 rings (SSSR count). The molecule has 0 bridgehead atoms. The average molecular weight is 363 g/mol. The number of hydrogen-bond donors (Lipinski definition) is 1. The van der Waals surface area contributed by atoms with E-state index in [-0.39, 0.29) is 0 Å². The number of aromatic amines is 1. The van der Waals surface area contributed by atoms with Gasteiger partial charge in [-0.1, -0.05) is 25.1 Å². The number of rotatable bonds is 6. The molecule has 0 aliphatic carbocycles. The Morgan fingerprint density at radius 1 is 1.27 bits per heavy atom. The van der Waals surface area contributed by atoms with Gasteiger partial charge in [0.2, 0.25) is 4.77 Å². The van der Waals surface area contributed by atoms with Crippen molar-refractivity contribution in [3.05, 3.63) is 75.8 Å². The fourth-order valence-corrected chi connectivity index (χ4v) is 2.56. The molecule has 1 N–H and O–H groups in total. The van der Waals surface area contributed by atoms with Gasteiger partial charge in [-0.3, -0.25) is 5.10 Å². The van der Waals surface area contributed by atoms with Crippen LogP contribution in [0.25, 0.3) is 0 Å². The highest BCUT2D eigenvalue weighted by Crippen LogP contribution is 2.15. The van der Waals surface area contributed by atoms with E-state index < -0.39 is 0 Å². The number of benzene rings is 2. The van der Waals surface area contributed by atoms with Gasteiger partial charge in [0.1, 0.15) is 12.4 Å². The highest BCUT2D eigenvalue weighted by Gasteiger charge is 2.03. The number of aromatic nitrogens is 3. The monoisotopic (exact) mass is 363 g/mol. The lowest BCUT2D eigenvalue weighted by Gasteiger charge is -2.07. The Labute approximate surface area is 156 Å². The highest BCUT2D eigenvalue weighted by molar-refractivity contribution is 7.71. The van der Waals surface area contributed by atoms with Crippen molar-refractivity contribution in [2.45, 2.75) is 20.0 Å². The molecule has 1 heterocycles. The molecule has 2 aromatic carbocycles. The lowest BCUT2D eigenvalue weighted by atomic mass is 10.1. The van der Waals surface area contributed by atoms with Crippen molar-refractivity contribution in [2.24, 2.45) is 5.10 Å². The van der Waals surface area contributed by atoms with Crippen molar-refractivity contribution in [1.29, 1.82) is 5.26 Å². The van der Waals surface area contributed by atoms with E-state index in [4.69, 9.17) is 22.2 Å². The lowest BCUT2D eigenvalue weighted by Crippen LogP contribution is -1.99. The Hall–Kier alpha value is -3.24. The molecule has 0 aliphatic heterocycles. The molecule has 0 amide bonds. The third kappa shape index (κ3) is 4.05. The van der Waals surface area contributed by atoms with Crippen LogP contribution in [0.1, 0.15) is 29.4 Å². The second kappa shape index (κ2) is 8.23. The normalized spacial score (nSPS) is 10.8. The molecule has 0 unspecified atom stereocenters. The maximum Gasteiger partial charge on any atom is 0.216 e. The summed E-state index contributed by atoms with van der Waals surface area (Å²) in [5.74, 6) is 1.51. The van der Waals surface area contributed by atoms with E-state index in [1.165, 1.54) is 0 Å². The maximum atomic E-state index is 9.11. The van der Waals surface area contributed by atoms with Crippen molar-refractivity contribution in [1.82, 2.24) is 14.9 Å². The molecule has 0 spiro atoms. The first-order valence-corrected chi connectivity index (χ1v) is 8.53. The van der Waals surface area contributed by atoms with Crippen LogP contribution in [0.15, 0.2) is 53.6 Å². The van der Waals surface area contributed by atoms with Gasteiger partial charge in [0.05, 0.1) is 17.8 Å². The summed E-state index contributed by atoms with van der Waals surface area (Å²) in [6.07, 6.45) is 2.46. The van der Waals surface area contributed by atoms with Gasteiger partial charge in [0.25, 0.3) is 0 Å². The van der Waals surface area contributed by atoms with Gasteiger partial charge in [-0.25, -0.2) is 0 Å². The lowest BCUT2D eigenvalue weighted by molar-refractivity contribution is 0.306. The Balaban J connectivity index is 1.67. The molecule has 0 radical (unpaired) electrons. The summed E-state index contributed by atoms with van der Waals surface area (Å²) in [6, 6.07) is 17.1. The van der Waals surface area contributed by atoms with E-state index in [1.807, 2.05) is 49.4 Å². The minimum Gasteiger partial charge on any atom is -0.489 e. The summed E-state index contributed by atoms with van der Waals surface area (Å²) >= 11 is 5.16. The van der Waals surface area contributed by atoms with Gasteiger partial charge in [0.15, 0.2) is 5.82 Å². The SMILES string of the molecule is CCc1n[nH]c(=S)n1/N=C\c1ccc(OCc2ccccc2C#N)cc1. The molecule has 0 atom stereocenters. The molecule has 26 heavy (non-hydrogen) atoms. The van der Waals surface area contributed by atoms with Gasteiger partial charge in [0, 0.05) is 12.0 Å². The molecular formula is C19H17N5OS. The van der Waals surface area contributed by atoms with Crippen LogP contribution in [-0.2, 0) is 13.0 Å². The van der Waals surface area contributed by atoms with Crippen LogP contribution in [0.2, 0.25) is 0 Å². The predicted molar refractivity (Wildman–Crippen MR) is 102 cm³/mol. The quantitative estimate of drug-likeness (QED) is 0.533. The zero-order valence-electron chi connectivity index (χ0n) is 14.2. The summed E-state index contributed by atoms with van der Waals surface area (Å²) in [5.41, 5.74) is 2.40. The smallest absolute Gasteiger partial charge is 0.216 e. The van der Waals surface area contributed by atoms with E-state index in [1.54, 1.807) is 17.0 Å². The molecule has 0 saturated heterocycles. The van der Waals surface area contributed by atoms with Gasteiger partial charge in [-0.15, -0.1) is 0 Å². The molecule has 1 aromatic heterocycles. The first-order chi connectivity index (χ1) is 12.7. The fourth-order valence-electron chi connectivity index (χ4n) is 2.36. The van der Waals surface area contributed by atoms with Crippen molar-refractivity contribution >= 4 is 18.4 Å². The van der Waals surface area contributed by atoms with E-state index >= 15 is 0 Å². The standard InChI is InChI=1S/C19H17N5OS/c1-2-18-22-23-19(26)24(18)21-12-14-7-9-17(10-8-14)25-13-16-6-4-3-5-15(16)11-20/h3-10,12H,2,13H2,1H3,(H,23,26)/b21-12-. The summed E-state index contributed by atoms with van der Waals surface area (Å²) in [4.78, 5) is 0. The largest absolute Gasteiger partial charge is 0.489 e. The number of nitriles is 1. The maximum absolute atomic E-state index is 9.11. The average Bonchev–Trinajstić information content (AvgIpc) is 3.05. The Morgan fingerprint density at radius 2 is 2.04 bits per heavy atom. The van der Waals surface area contributed by atoms with Gasteiger partial charge >= 0.3 is 0 Å². The summed E-state index contributed by atoms with van der Waals surface area (Å²) < 4.78 is 7.84. The molecule has 0 aliphatic rings. The van der Waals surface area contributed by atoms with E-state index in [9.17, 15) is 0 Å². The first-order valence-electron chi connectivity index (χ1n) is 8.12. The summed E-state index contributed by atoms with van der Waals surface area (Å²) in [5, 5.41) is 20.3. The van der Waals surface area contributed by atoms with Crippen LogP contribution in [0.5, 0.6) is 5.75 Å². The number of hydrogen-bond acceptors (Lipinski definition) is 5. The van der Waals surface area contributed by atoms with Gasteiger partial charge in [-0.05, 0) is 48.1 Å². The molecule has 0 fully saturated rings. The Bertz CT molecular complexity index is 1010. The number of nitrogens with zero attached hydrogens (tertiary/aromatic N) is 4. The molecule has 3 aromatic rings. The molecule has 130 valence electrons. The fraction of sp³-hybridized carbons (Fsp3) is 0.158.